The molecule has 25 heavy (non-hydrogen) atoms. The van der Waals surface area contributed by atoms with Crippen molar-refractivity contribution in [2.75, 3.05) is 6.54 Å². The number of benzene rings is 1. The molecule has 130 valence electrons. The minimum Gasteiger partial charge on any atom is -0.383 e. The van der Waals surface area contributed by atoms with Gasteiger partial charge in [0.15, 0.2) is 0 Å². The zero-order valence-corrected chi connectivity index (χ0v) is 15.4. The number of aliphatic imine (C=N–C) groups is 1. The maximum atomic E-state index is 6.22. The van der Waals surface area contributed by atoms with Crippen LogP contribution in [0.4, 0.5) is 5.69 Å². The summed E-state index contributed by atoms with van der Waals surface area (Å²) in [5, 5.41) is 0. The maximum Gasteiger partial charge on any atom is 0.132 e. The Morgan fingerprint density at radius 1 is 1.20 bits per heavy atom. The number of thiocarbonyl (C=S) groups is 1. The molecule has 3 aliphatic rings. The predicted octanol–water partition coefficient (Wildman–Crippen LogP) is 4.23. The Hall–Kier alpha value is -1.78. The predicted molar refractivity (Wildman–Crippen MR) is 109 cm³/mol. The summed E-state index contributed by atoms with van der Waals surface area (Å²) in [6.45, 7) is 2.28. The van der Waals surface area contributed by atoms with Crippen molar-refractivity contribution in [1.29, 1.82) is 0 Å². The molecule has 0 saturated carbocycles. The highest BCUT2D eigenvalue weighted by atomic mass is 32.1. The molecule has 1 aromatic carbocycles. The maximum absolute atomic E-state index is 6.22. The Balaban J connectivity index is 1.58. The van der Waals surface area contributed by atoms with Gasteiger partial charge in [-0.05, 0) is 49.1 Å². The highest BCUT2D eigenvalue weighted by molar-refractivity contribution is 7.81. The highest BCUT2D eigenvalue weighted by Gasteiger charge is 2.27. The first-order valence-corrected chi connectivity index (χ1v) is 9.72. The third-order valence-corrected chi connectivity index (χ3v) is 5.93. The molecule has 0 aromatic heterocycles. The number of rotatable bonds is 2. The molecule has 0 amide bonds. The van der Waals surface area contributed by atoms with Crippen molar-refractivity contribution < 1.29 is 0 Å². The van der Waals surface area contributed by atoms with E-state index < -0.39 is 0 Å². The van der Waals surface area contributed by atoms with E-state index in [4.69, 9.17) is 18.0 Å². The van der Waals surface area contributed by atoms with Crippen LogP contribution in [-0.2, 0) is 13.0 Å². The van der Waals surface area contributed by atoms with Gasteiger partial charge in [0.2, 0.25) is 0 Å². The molecule has 0 bridgehead atoms. The van der Waals surface area contributed by atoms with Gasteiger partial charge >= 0.3 is 0 Å². The van der Waals surface area contributed by atoms with E-state index in [2.05, 4.69) is 34.2 Å². The van der Waals surface area contributed by atoms with Gasteiger partial charge in [0, 0.05) is 29.4 Å². The number of nitrogens with two attached hydrogens (primary N) is 1. The molecule has 4 rings (SSSR count). The quantitative estimate of drug-likeness (QED) is 0.492. The largest absolute Gasteiger partial charge is 0.383 e. The van der Waals surface area contributed by atoms with Gasteiger partial charge < -0.3 is 5.73 Å². The summed E-state index contributed by atoms with van der Waals surface area (Å²) in [6.07, 6.45) is 13.4. The Bertz CT molecular complexity index is 775. The van der Waals surface area contributed by atoms with E-state index in [1.807, 2.05) is 12.2 Å². The molecule has 4 heteroatoms. The van der Waals surface area contributed by atoms with Crippen molar-refractivity contribution in [3.05, 3.63) is 53.1 Å². The molecule has 1 atom stereocenters. The van der Waals surface area contributed by atoms with Crippen LogP contribution in [0.25, 0.3) is 0 Å². The van der Waals surface area contributed by atoms with Crippen molar-refractivity contribution >= 4 is 28.6 Å². The highest BCUT2D eigenvalue weighted by Crippen LogP contribution is 2.31. The number of hydrogen-bond donors (Lipinski definition) is 1. The standard InChI is InChI=1S/C21H25N3S/c22-21(19-7-3-4-8-20(19)25)23-17-10-9-15-13-18-6-2-1-5-11-24(18)14-16(15)12-17/h3-4,7,9-10,12,18H,1-2,5-6,8,11,13-14H2,(H2,22,23). The van der Waals surface area contributed by atoms with E-state index in [1.165, 1.54) is 49.8 Å². The summed E-state index contributed by atoms with van der Waals surface area (Å²) in [6, 6.07) is 7.29. The van der Waals surface area contributed by atoms with Crippen molar-refractivity contribution in [2.24, 2.45) is 10.7 Å². The van der Waals surface area contributed by atoms with Gasteiger partial charge in [-0.3, -0.25) is 4.90 Å². The minimum absolute atomic E-state index is 0.526. The Morgan fingerprint density at radius 2 is 2.12 bits per heavy atom. The number of hydrogen-bond acceptors (Lipinski definition) is 3. The van der Waals surface area contributed by atoms with E-state index in [9.17, 15) is 0 Å². The lowest BCUT2D eigenvalue weighted by molar-refractivity contribution is 0.175. The summed E-state index contributed by atoms with van der Waals surface area (Å²) in [5.41, 5.74) is 10.9. The number of amidine groups is 1. The monoisotopic (exact) mass is 351 g/mol. The molecule has 2 N–H and O–H groups in total. The van der Waals surface area contributed by atoms with E-state index in [-0.39, 0.29) is 0 Å². The molecule has 1 fully saturated rings. The lowest BCUT2D eigenvalue weighted by Gasteiger charge is -2.35. The van der Waals surface area contributed by atoms with Crippen molar-refractivity contribution in [1.82, 2.24) is 4.90 Å². The Labute approximate surface area is 155 Å². The number of allylic oxidation sites excluding steroid dienone is 3. The van der Waals surface area contributed by atoms with Gasteiger partial charge in [-0.2, -0.15) is 0 Å². The van der Waals surface area contributed by atoms with Crippen LogP contribution in [0.3, 0.4) is 0 Å². The first-order chi connectivity index (χ1) is 12.2. The lowest BCUT2D eigenvalue weighted by atomic mass is 9.92. The van der Waals surface area contributed by atoms with Gasteiger partial charge in [0.1, 0.15) is 5.84 Å². The Morgan fingerprint density at radius 3 is 3.00 bits per heavy atom. The van der Waals surface area contributed by atoms with Crippen LogP contribution in [0.2, 0.25) is 0 Å². The molecule has 2 aliphatic heterocycles. The summed E-state index contributed by atoms with van der Waals surface area (Å²) in [4.78, 5) is 8.18. The van der Waals surface area contributed by atoms with Crippen LogP contribution >= 0.6 is 12.2 Å². The molecule has 0 spiro atoms. The second kappa shape index (κ2) is 7.22. The first kappa shape index (κ1) is 16.7. The summed E-state index contributed by atoms with van der Waals surface area (Å²) < 4.78 is 0. The fraction of sp³-hybridized carbons (Fsp3) is 0.429. The van der Waals surface area contributed by atoms with Crippen LogP contribution in [0, 0.1) is 0 Å². The number of fused-ring (bicyclic) bond motifs is 2. The van der Waals surface area contributed by atoms with E-state index in [1.54, 1.807) is 0 Å². The van der Waals surface area contributed by atoms with Gasteiger partial charge in [0.05, 0.1) is 5.69 Å². The first-order valence-electron chi connectivity index (χ1n) is 9.31. The number of nitrogens with zero attached hydrogens (tertiary/aromatic N) is 2. The Kier molecular flexibility index (Phi) is 4.82. The van der Waals surface area contributed by atoms with Gasteiger partial charge in [-0.1, -0.05) is 49.4 Å². The molecule has 0 radical (unpaired) electrons. The topological polar surface area (TPSA) is 41.6 Å². The smallest absolute Gasteiger partial charge is 0.132 e. The van der Waals surface area contributed by atoms with Crippen LogP contribution in [0.5, 0.6) is 0 Å². The van der Waals surface area contributed by atoms with Crippen LogP contribution in [-0.4, -0.2) is 28.2 Å². The van der Waals surface area contributed by atoms with Crippen LogP contribution in [0.15, 0.2) is 47.0 Å². The van der Waals surface area contributed by atoms with Crippen LogP contribution in [0.1, 0.15) is 43.2 Å². The summed E-state index contributed by atoms with van der Waals surface area (Å²) >= 11 is 5.41. The van der Waals surface area contributed by atoms with Gasteiger partial charge in [0.25, 0.3) is 0 Å². The van der Waals surface area contributed by atoms with Crippen molar-refractivity contribution in [2.45, 2.75) is 51.1 Å². The molecule has 2 heterocycles. The van der Waals surface area contributed by atoms with E-state index >= 15 is 0 Å². The molecule has 1 aromatic rings. The van der Waals surface area contributed by atoms with Gasteiger partial charge in [-0.25, -0.2) is 4.99 Å². The lowest BCUT2D eigenvalue weighted by Crippen LogP contribution is -2.39. The molecule has 3 nitrogen and oxygen atoms in total. The SMILES string of the molecule is NC(=Nc1ccc2c(c1)CN1CCCCCC1C2)C1=CC=CCC1=S. The fourth-order valence-electron chi connectivity index (χ4n) is 4.15. The van der Waals surface area contributed by atoms with Crippen molar-refractivity contribution in [3.8, 4) is 0 Å². The van der Waals surface area contributed by atoms with Crippen molar-refractivity contribution in [3.63, 3.8) is 0 Å². The zero-order chi connectivity index (χ0) is 17.2. The average Bonchev–Trinajstić information content (AvgIpc) is 2.85. The third-order valence-electron chi connectivity index (χ3n) is 5.55. The zero-order valence-electron chi connectivity index (χ0n) is 14.6. The molecule has 1 unspecified atom stereocenters. The van der Waals surface area contributed by atoms with E-state index in [0.29, 0.717) is 5.84 Å². The molecular weight excluding hydrogens is 326 g/mol. The second-order valence-corrected chi connectivity index (χ2v) is 7.76. The summed E-state index contributed by atoms with van der Waals surface area (Å²) in [5.74, 6) is 0.526. The molecule has 1 saturated heterocycles. The fourth-order valence-corrected chi connectivity index (χ4v) is 4.42. The molecular formula is C21H25N3S. The normalized spacial score (nSPS) is 24.3. The van der Waals surface area contributed by atoms with E-state index in [0.717, 1.165) is 35.1 Å². The molecule has 1 aliphatic carbocycles. The second-order valence-electron chi connectivity index (χ2n) is 7.26. The van der Waals surface area contributed by atoms with Crippen LogP contribution < -0.4 is 5.73 Å². The third kappa shape index (κ3) is 3.60. The average molecular weight is 352 g/mol. The summed E-state index contributed by atoms with van der Waals surface area (Å²) in [7, 11) is 0. The van der Waals surface area contributed by atoms with Gasteiger partial charge in [-0.15, -0.1) is 0 Å². The minimum atomic E-state index is 0.526.